The molecule has 1 aromatic carbocycles. The lowest BCUT2D eigenvalue weighted by Gasteiger charge is -2.47. The smallest absolute Gasteiger partial charge is 0.394 e. The molecule has 5 rings (SSSR count). The number of carbonyl (C=O) groups excluding carboxylic acids is 4. The summed E-state index contributed by atoms with van der Waals surface area (Å²) >= 11 is 0. The molecule has 4 fully saturated rings. The number of ether oxygens (including phenoxy) is 4. The summed E-state index contributed by atoms with van der Waals surface area (Å²) in [5, 5.41) is 131. The van der Waals surface area contributed by atoms with E-state index in [1.165, 1.54) is 0 Å². The molecule has 0 radical (unpaired) electrons. The number of hydrogen-bond donors (Lipinski definition) is 15. The number of anilines is 1. The van der Waals surface area contributed by atoms with Crippen LogP contribution in [0, 0.1) is 10.1 Å². The number of rotatable bonds is 24. The lowest BCUT2D eigenvalue weighted by Crippen LogP contribution is -2.70. The van der Waals surface area contributed by atoms with Crippen molar-refractivity contribution in [3.63, 3.8) is 0 Å². The predicted octanol–water partition coefficient (Wildman–Crippen LogP) is -6.40. The zero-order valence-corrected chi connectivity index (χ0v) is 43.1. The first-order valence-electron chi connectivity index (χ1n) is 22.8. The number of aliphatic hydroxyl groups excluding tert-OH is 11. The third kappa shape index (κ3) is 16.9. The SMILES string of the molecule is CC(=O)NC1[C@@H](OO[C@@H]2O[C@H](C(O)[P+](=O)OO[C@@H]3C[C@@H](O)[C@H](O)[C@@H](CO)O3)[C@@H](O)[C@H](OO[C@@H]3C[C@@H](O)[C@H](O)[C@@H](CO)O3)C2N(NC(C)=O)C(=O)C[P+](=O)Oc2ccc([N+](=O)[O-])cc2NC(=O)C[P+](=O)O)O[C@H](CO)[C@@H](O)[C@@H]1O. The summed E-state index contributed by atoms with van der Waals surface area (Å²) in [5.41, 5.74) is 0.761. The standard InChI is InChI=1S/C38H54N5O32P3/c1-13(47)39-27-32(56)31(55)22(10-46)67-37(27)72-73-38-28(42(41-14(2)48)24(52)12-77(63)74-19-4-3-15(43(59)60)5-16(19)40-23(51)11-76(61)62)34(71-69-25-6-17(49)29(53)20(8-44)65-25)33(57)35(68-38)36(58)78(64)75-70-26-7-18(50)30(54)21(9-45)66-26/h3-5,17-18,20-22,25-38,44-46,49-50,53-58H,6-12H2,1-2H3,(H-3,39,40,41,47,48,51,61,62)/p+3/t17-,18-,20-,21-,22-,25-,26-,27?,28?,29+,30+,31-,32-,33+,34-,35+,36?,37-,38+/m1/s1. The van der Waals surface area contributed by atoms with Gasteiger partial charge in [0.1, 0.15) is 67.0 Å². The fraction of sp³-hybridized carbons (Fsp3) is 0.737. The first-order valence-corrected chi connectivity index (χ1v) is 26.8. The van der Waals surface area contributed by atoms with Gasteiger partial charge in [0.2, 0.25) is 30.1 Å². The van der Waals surface area contributed by atoms with Gasteiger partial charge in [-0.1, -0.05) is 0 Å². The van der Waals surface area contributed by atoms with Crippen LogP contribution in [0.1, 0.15) is 26.7 Å². The zero-order valence-electron chi connectivity index (χ0n) is 40.4. The largest absolute Gasteiger partial charge is 0.574 e. The second-order valence-corrected chi connectivity index (χ2v) is 20.7. The van der Waals surface area contributed by atoms with Gasteiger partial charge in [-0.05, 0) is 19.8 Å². The molecule has 0 spiro atoms. The first kappa shape index (κ1) is 64.5. The van der Waals surface area contributed by atoms with Crippen LogP contribution in [0.4, 0.5) is 11.4 Å². The molecule has 15 N–H and O–H groups in total. The average molecular weight is 1190 g/mol. The van der Waals surface area contributed by atoms with Crippen LogP contribution in [0.2, 0.25) is 0 Å². The maximum Gasteiger partial charge on any atom is 0.574 e. The molecule has 0 saturated carbocycles. The summed E-state index contributed by atoms with van der Waals surface area (Å²) in [7, 11) is -10.3. The summed E-state index contributed by atoms with van der Waals surface area (Å²) in [6.45, 7) is -1.05. The van der Waals surface area contributed by atoms with Crippen molar-refractivity contribution < 1.29 is 151 Å². The van der Waals surface area contributed by atoms with Crippen molar-refractivity contribution in [1.82, 2.24) is 15.8 Å². The van der Waals surface area contributed by atoms with Crippen LogP contribution in [0.3, 0.4) is 0 Å². The van der Waals surface area contributed by atoms with E-state index in [0.717, 1.165) is 26.0 Å². The van der Waals surface area contributed by atoms with Gasteiger partial charge in [-0.2, -0.15) is 19.6 Å². The van der Waals surface area contributed by atoms with E-state index in [1.807, 2.05) is 5.43 Å². The minimum Gasteiger partial charge on any atom is -0.394 e. The van der Waals surface area contributed by atoms with Gasteiger partial charge in [0.05, 0.1) is 42.6 Å². The molecule has 4 aliphatic heterocycles. The molecule has 1 aromatic rings. The van der Waals surface area contributed by atoms with Crippen molar-refractivity contribution in [3.05, 3.63) is 28.3 Å². The summed E-state index contributed by atoms with van der Waals surface area (Å²) in [4.78, 5) is 98.7. The van der Waals surface area contributed by atoms with E-state index in [-0.39, 0.29) is 5.01 Å². The number of amides is 4. The molecule has 438 valence electrons. The van der Waals surface area contributed by atoms with Gasteiger partial charge in [-0.3, -0.25) is 39.2 Å². The minimum atomic E-state index is -3.76. The highest BCUT2D eigenvalue weighted by molar-refractivity contribution is 7.41. The molecular formula is C38H57N5O32P3+3. The van der Waals surface area contributed by atoms with Gasteiger partial charge in [0.15, 0.2) is 18.7 Å². The molecule has 0 bridgehead atoms. The Hall–Kier alpha value is -4.28. The second kappa shape index (κ2) is 29.4. The van der Waals surface area contributed by atoms with Gasteiger partial charge in [0, 0.05) is 43.5 Å². The van der Waals surface area contributed by atoms with Gasteiger partial charge < -0.3 is 85.8 Å². The van der Waals surface area contributed by atoms with Crippen molar-refractivity contribution in [3.8, 4) is 5.75 Å². The quantitative estimate of drug-likeness (QED) is 0.0198. The Morgan fingerprint density at radius 2 is 1.33 bits per heavy atom. The Labute approximate surface area is 440 Å². The van der Waals surface area contributed by atoms with Crippen LogP contribution in [0.5, 0.6) is 5.75 Å². The third-order valence-corrected chi connectivity index (χ3v) is 14.0. The molecule has 4 saturated heterocycles. The fourth-order valence-corrected chi connectivity index (χ4v) is 9.69. The molecule has 37 nitrogen and oxygen atoms in total. The number of hydrazine groups is 1. The Morgan fingerprint density at radius 1 is 0.756 bits per heavy atom. The Balaban J connectivity index is 1.56. The second-order valence-electron chi connectivity index (χ2n) is 17.3. The third-order valence-electron chi connectivity index (χ3n) is 11.6. The number of nitrogens with zero attached hydrogens (tertiary/aromatic N) is 2. The fourth-order valence-electron chi connectivity index (χ4n) is 7.79. The Morgan fingerprint density at radius 3 is 1.88 bits per heavy atom. The molecule has 78 heavy (non-hydrogen) atoms. The highest BCUT2D eigenvalue weighted by Crippen LogP contribution is 2.41. The Kier molecular flexibility index (Phi) is 24.4. The molecule has 40 heteroatoms. The molecule has 4 amide bonds. The highest BCUT2D eigenvalue weighted by atomic mass is 31.1. The van der Waals surface area contributed by atoms with Gasteiger partial charge in [0.25, 0.3) is 29.8 Å². The average Bonchev–Trinajstić information content (AvgIpc) is 3.40. The summed E-state index contributed by atoms with van der Waals surface area (Å²) in [5.74, 6) is -8.11. The summed E-state index contributed by atoms with van der Waals surface area (Å²) < 4.78 is 70.8. The van der Waals surface area contributed by atoms with E-state index in [0.29, 0.717) is 6.07 Å². The first-order chi connectivity index (χ1) is 36.8. The molecule has 4 aliphatic rings. The van der Waals surface area contributed by atoms with E-state index in [4.69, 9.17) is 52.6 Å². The van der Waals surface area contributed by atoms with Crippen molar-refractivity contribution in [2.75, 3.05) is 37.5 Å². The predicted molar refractivity (Wildman–Crippen MR) is 243 cm³/mol. The lowest BCUT2D eigenvalue weighted by molar-refractivity contribution is -0.493. The van der Waals surface area contributed by atoms with Crippen LogP contribution < -0.4 is 20.6 Å². The molecule has 0 aromatic heterocycles. The van der Waals surface area contributed by atoms with E-state index in [1.54, 1.807) is 0 Å². The molecule has 4 heterocycles. The van der Waals surface area contributed by atoms with E-state index < -0.39 is 231 Å². The molecule has 0 aliphatic carbocycles. The van der Waals surface area contributed by atoms with E-state index >= 15 is 0 Å². The number of non-ortho nitro benzene ring substituents is 1. The minimum absolute atomic E-state index is 0.180. The van der Waals surface area contributed by atoms with Crippen LogP contribution >= 0.6 is 24.1 Å². The molecular weight excluding hydrogens is 1130 g/mol. The number of nitro benzene ring substituents is 1. The number of aliphatic hydroxyl groups is 11. The van der Waals surface area contributed by atoms with Crippen LogP contribution in [0.25, 0.3) is 0 Å². The van der Waals surface area contributed by atoms with Gasteiger partial charge in [-0.15, -0.1) is 0 Å². The number of hydrogen-bond acceptors (Lipinski definition) is 31. The van der Waals surface area contributed by atoms with Gasteiger partial charge >= 0.3 is 29.9 Å². The van der Waals surface area contributed by atoms with Crippen molar-refractivity contribution in [2.24, 2.45) is 0 Å². The number of nitro groups is 1. The topological polar surface area (TPSA) is 546 Å². The number of carbonyl (C=O) groups is 4. The van der Waals surface area contributed by atoms with Crippen molar-refractivity contribution in [2.45, 2.75) is 143 Å². The van der Waals surface area contributed by atoms with Gasteiger partial charge in [-0.25, -0.2) is 14.8 Å². The highest BCUT2D eigenvalue weighted by Gasteiger charge is 2.60. The summed E-state index contributed by atoms with van der Waals surface area (Å²) in [6.07, 6.45) is -34.7. The van der Waals surface area contributed by atoms with Crippen LogP contribution in [-0.4, -0.2) is 243 Å². The normalized spacial score (nSPS) is 34.1. The molecule has 6 unspecified atom stereocenters. The van der Waals surface area contributed by atoms with Crippen molar-refractivity contribution in [1.29, 1.82) is 0 Å². The zero-order chi connectivity index (χ0) is 57.9. The van der Waals surface area contributed by atoms with Crippen LogP contribution in [-0.2, 0) is 80.9 Å². The number of benzene rings is 1. The lowest BCUT2D eigenvalue weighted by atomic mass is 9.96. The maximum atomic E-state index is 14.5. The Bertz CT molecular complexity index is 2300. The van der Waals surface area contributed by atoms with Crippen LogP contribution in [0.15, 0.2) is 18.2 Å². The maximum absolute atomic E-state index is 14.5. The molecule has 22 atom stereocenters. The summed E-state index contributed by atoms with van der Waals surface area (Å²) in [6, 6.07) is -1.90. The van der Waals surface area contributed by atoms with E-state index in [9.17, 15) is 104 Å². The monoisotopic (exact) mass is 1190 g/mol. The van der Waals surface area contributed by atoms with E-state index in [2.05, 4.69) is 10.6 Å². The van der Waals surface area contributed by atoms with Crippen molar-refractivity contribution >= 4 is 59.1 Å². The number of nitrogens with one attached hydrogen (secondary N) is 3.